The van der Waals surface area contributed by atoms with E-state index in [1.54, 1.807) is 0 Å². The molecule has 1 aliphatic heterocycles. The zero-order valence-corrected chi connectivity index (χ0v) is 16.3. The van der Waals surface area contributed by atoms with Gasteiger partial charge in [0.05, 0.1) is 35.3 Å². The van der Waals surface area contributed by atoms with Crippen LogP contribution in [-0.4, -0.2) is 47.1 Å². The lowest BCUT2D eigenvalue weighted by Crippen LogP contribution is -2.40. The lowest BCUT2D eigenvalue weighted by atomic mass is 9.99. The molecule has 0 atom stereocenters. The second-order valence-electron chi connectivity index (χ2n) is 7.62. The monoisotopic (exact) mass is 393 g/mol. The van der Waals surface area contributed by atoms with E-state index >= 15 is 0 Å². The maximum Gasteiger partial charge on any atom is 0.254 e. The molecule has 1 fully saturated rings. The summed E-state index contributed by atoms with van der Waals surface area (Å²) in [7, 11) is 0. The summed E-state index contributed by atoms with van der Waals surface area (Å²) in [6.45, 7) is 2.42. The molecule has 0 N–H and O–H groups in total. The topological polar surface area (TPSA) is 55.3 Å². The highest BCUT2D eigenvalue weighted by molar-refractivity contribution is 6.23. The highest BCUT2D eigenvalue weighted by atomic mass is 16.5. The first-order valence-corrected chi connectivity index (χ1v) is 10.2. The third-order valence-electron chi connectivity index (χ3n) is 5.86. The van der Waals surface area contributed by atoms with Crippen LogP contribution in [0.3, 0.4) is 0 Å². The van der Waals surface area contributed by atoms with E-state index in [1.807, 2.05) is 41.3 Å². The Bertz CT molecular complexity index is 1460. The summed E-state index contributed by atoms with van der Waals surface area (Å²) in [6.07, 6.45) is 0. The quantitative estimate of drug-likeness (QED) is 0.309. The van der Waals surface area contributed by atoms with Crippen LogP contribution in [0.5, 0.6) is 0 Å². The number of hydrogen-bond acceptors (Lipinski definition) is 4. The van der Waals surface area contributed by atoms with Crippen molar-refractivity contribution in [3.05, 3.63) is 72.3 Å². The van der Waals surface area contributed by atoms with Crippen LogP contribution in [0.15, 0.2) is 66.7 Å². The molecule has 4 aromatic carbocycles. The Kier molecular flexibility index (Phi) is 3.89. The minimum atomic E-state index is 0.0190. The Balaban J connectivity index is 1.60. The maximum atomic E-state index is 12.9. The summed E-state index contributed by atoms with van der Waals surface area (Å²) in [5, 5.41) is 4.50. The maximum absolute atomic E-state index is 12.9. The van der Waals surface area contributed by atoms with Crippen molar-refractivity contribution in [2.75, 3.05) is 26.3 Å². The fraction of sp³-hybridized carbons (Fsp3) is 0.160. The minimum Gasteiger partial charge on any atom is -0.378 e. The van der Waals surface area contributed by atoms with Crippen molar-refractivity contribution in [1.29, 1.82) is 0 Å². The van der Waals surface area contributed by atoms with Gasteiger partial charge in [-0.3, -0.25) is 4.79 Å². The van der Waals surface area contributed by atoms with Crippen LogP contribution < -0.4 is 0 Å². The zero-order chi connectivity index (χ0) is 20.1. The molecule has 0 aliphatic carbocycles. The molecule has 30 heavy (non-hydrogen) atoms. The lowest BCUT2D eigenvalue weighted by Gasteiger charge is -2.26. The van der Waals surface area contributed by atoms with Crippen LogP contribution in [0, 0.1) is 0 Å². The normalized spacial score (nSPS) is 14.7. The Hall–Kier alpha value is -3.57. The van der Waals surface area contributed by atoms with Gasteiger partial charge in [-0.1, -0.05) is 48.5 Å². The summed E-state index contributed by atoms with van der Waals surface area (Å²) in [6, 6.07) is 22.2. The third kappa shape index (κ3) is 2.63. The molecule has 1 aliphatic rings. The number of aromatic nitrogens is 2. The van der Waals surface area contributed by atoms with Crippen molar-refractivity contribution in [3.63, 3.8) is 0 Å². The first-order valence-electron chi connectivity index (χ1n) is 10.2. The van der Waals surface area contributed by atoms with Gasteiger partial charge in [0.1, 0.15) is 0 Å². The van der Waals surface area contributed by atoms with Gasteiger partial charge in [-0.05, 0) is 29.0 Å². The molecule has 5 heteroatoms. The van der Waals surface area contributed by atoms with Crippen molar-refractivity contribution in [2.45, 2.75) is 0 Å². The van der Waals surface area contributed by atoms with E-state index in [1.165, 1.54) is 5.39 Å². The summed E-state index contributed by atoms with van der Waals surface area (Å²) in [5.41, 5.74) is 3.93. The van der Waals surface area contributed by atoms with E-state index in [-0.39, 0.29) is 5.91 Å². The number of fused-ring (bicyclic) bond motifs is 7. The summed E-state index contributed by atoms with van der Waals surface area (Å²) in [5.74, 6) is 0.0190. The number of carbonyl (C=O) groups excluding carboxylic acids is 1. The minimum absolute atomic E-state index is 0.0190. The van der Waals surface area contributed by atoms with Crippen molar-refractivity contribution in [2.24, 2.45) is 0 Å². The van der Waals surface area contributed by atoms with Crippen LogP contribution >= 0.6 is 0 Å². The molecule has 146 valence electrons. The third-order valence-corrected chi connectivity index (χ3v) is 5.86. The molecule has 6 rings (SSSR count). The lowest BCUT2D eigenvalue weighted by molar-refractivity contribution is 0.0303. The van der Waals surface area contributed by atoms with Gasteiger partial charge in [-0.15, -0.1) is 0 Å². The van der Waals surface area contributed by atoms with Gasteiger partial charge in [0.15, 0.2) is 0 Å². The second-order valence-corrected chi connectivity index (χ2v) is 7.62. The number of carbonyl (C=O) groups is 1. The molecule has 0 radical (unpaired) electrons. The largest absolute Gasteiger partial charge is 0.378 e. The molecule has 1 aromatic heterocycles. The smallest absolute Gasteiger partial charge is 0.254 e. The van der Waals surface area contributed by atoms with E-state index in [0.717, 1.165) is 38.2 Å². The number of morpholine rings is 1. The number of rotatable bonds is 1. The zero-order valence-electron chi connectivity index (χ0n) is 16.3. The number of amides is 1. The Morgan fingerprint density at radius 1 is 0.733 bits per heavy atom. The van der Waals surface area contributed by atoms with Crippen molar-refractivity contribution >= 4 is 49.5 Å². The van der Waals surface area contributed by atoms with Gasteiger partial charge in [0.2, 0.25) is 0 Å². The predicted octanol–water partition coefficient (Wildman–Crippen LogP) is 4.56. The molecular weight excluding hydrogens is 374 g/mol. The second kappa shape index (κ2) is 6.75. The standard InChI is InChI=1S/C25H19N3O2/c29-25(28-11-13-30-14-12-28)16-9-10-21-22(15-16)27-24-20-8-4-2-6-18(20)17-5-1-3-7-19(17)23(24)26-21/h1-10,15H,11-14H2. The Morgan fingerprint density at radius 3 is 1.93 bits per heavy atom. The molecule has 1 amide bonds. The summed E-state index contributed by atoms with van der Waals surface area (Å²) in [4.78, 5) is 24.7. The first kappa shape index (κ1) is 17.3. The molecule has 1 saturated heterocycles. The molecule has 0 unspecified atom stereocenters. The van der Waals surface area contributed by atoms with E-state index in [0.29, 0.717) is 31.9 Å². The number of benzene rings is 4. The van der Waals surface area contributed by atoms with Crippen LogP contribution in [0.25, 0.3) is 43.6 Å². The SMILES string of the molecule is O=C(c1ccc2nc3c4ccccc4c4ccccc4c3nc2c1)N1CCOCC1. The van der Waals surface area contributed by atoms with Crippen molar-refractivity contribution < 1.29 is 9.53 Å². The van der Waals surface area contributed by atoms with E-state index in [2.05, 4.69) is 30.3 Å². The van der Waals surface area contributed by atoms with Crippen LogP contribution in [0.4, 0.5) is 0 Å². The highest BCUT2D eigenvalue weighted by Crippen LogP contribution is 2.34. The molecule has 5 nitrogen and oxygen atoms in total. The highest BCUT2D eigenvalue weighted by Gasteiger charge is 2.19. The van der Waals surface area contributed by atoms with Gasteiger partial charge in [0.25, 0.3) is 5.91 Å². The van der Waals surface area contributed by atoms with Gasteiger partial charge < -0.3 is 9.64 Å². The number of nitrogens with zero attached hydrogens (tertiary/aromatic N) is 3. The first-order chi connectivity index (χ1) is 14.8. The average Bonchev–Trinajstić information content (AvgIpc) is 2.83. The molecule has 5 aromatic rings. The molecule has 0 bridgehead atoms. The van der Waals surface area contributed by atoms with Gasteiger partial charge in [-0.25, -0.2) is 9.97 Å². The average molecular weight is 393 g/mol. The summed E-state index contributed by atoms with van der Waals surface area (Å²) >= 11 is 0. The van der Waals surface area contributed by atoms with Crippen LogP contribution in [0.2, 0.25) is 0 Å². The van der Waals surface area contributed by atoms with Gasteiger partial charge in [0, 0.05) is 29.4 Å². The van der Waals surface area contributed by atoms with Gasteiger partial charge in [-0.2, -0.15) is 0 Å². The molecular formula is C25H19N3O2. The van der Waals surface area contributed by atoms with E-state index < -0.39 is 0 Å². The number of hydrogen-bond donors (Lipinski definition) is 0. The molecule has 2 heterocycles. The number of ether oxygens (including phenoxy) is 1. The molecule has 0 saturated carbocycles. The van der Waals surface area contributed by atoms with Crippen molar-refractivity contribution in [3.8, 4) is 0 Å². The predicted molar refractivity (Wildman–Crippen MR) is 119 cm³/mol. The van der Waals surface area contributed by atoms with Crippen LogP contribution in [-0.2, 0) is 4.74 Å². The van der Waals surface area contributed by atoms with Crippen LogP contribution in [0.1, 0.15) is 10.4 Å². The van der Waals surface area contributed by atoms with Crippen molar-refractivity contribution in [1.82, 2.24) is 14.9 Å². The fourth-order valence-electron chi connectivity index (χ4n) is 4.36. The Morgan fingerprint density at radius 2 is 1.30 bits per heavy atom. The van der Waals surface area contributed by atoms with E-state index in [9.17, 15) is 4.79 Å². The summed E-state index contributed by atoms with van der Waals surface area (Å²) < 4.78 is 5.36. The van der Waals surface area contributed by atoms with E-state index in [4.69, 9.17) is 14.7 Å². The molecule has 0 spiro atoms. The fourth-order valence-corrected chi connectivity index (χ4v) is 4.36. The Labute approximate surface area is 172 Å². The van der Waals surface area contributed by atoms with Gasteiger partial charge >= 0.3 is 0 Å².